The summed E-state index contributed by atoms with van der Waals surface area (Å²) in [5.41, 5.74) is 0.846. The summed E-state index contributed by atoms with van der Waals surface area (Å²) < 4.78 is 36.7. The summed E-state index contributed by atoms with van der Waals surface area (Å²) in [6, 6.07) is 6.40. The number of hydrogen-bond donors (Lipinski definition) is 1. The average Bonchev–Trinajstić information content (AvgIpc) is 2.43. The molecule has 0 spiro atoms. The monoisotopic (exact) mass is 375 g/mol. The molecule has 122 valence electrons. The summed E-state index contributed by atoms with van der Waals surface area (Å²) in [6.07, 6.45) is 1.06. The standard InChI is InChI=1S/C15H12Cl2FNO3S/c1-8-3-4-9(23(2,21)22)5-14(8)19-15(20)10-6-13(18)12(17)7-11(10)16/h3-7H,1-2H3,(H,19,20). The maximum absolute atomic E-state index is 13.5. The topological polar surface area (TPSA) is 63.2 Å². The maximum Gasteiger partial charge on any atom is 0.257 e. The third-order valence-electron chi connectivity index (χ3n) is 3.14. The highest BCUT2D eigenvalue weighted by molar-refractivity contribution is 7.90. The Bertz CT molecular complexity index is 898. The molecule has 0 aliphatic rings. The third-order valence-corrected chi connectivity index (χ3v) is 4.85. The predicted octanol–water partition coefficient (Wildman–Crippen LogP) is 4.10. The van der Waals surface area contributed by atoms with Crippen LogP contribution in [0.2, 0.25) is 10.0 Å². The Morgan fingerprint density at radius 1 is 1.13 bits per heavy atom. The number of hydrogen-bond acceptors (Lipinski definition) is 3. The molecule has 1 amide bonds. The summed E-state index contributed by atoms with van der Waals surface area (Å²) >= 11 is 11.5. The van der Waals surface area contributed by atoms with Gasteiger partial charge in [0.05, 0.1) is 20.5 Å². The summed E-state index contributed by atoms with van der Waals surface area (Å²) in [5, 5.41) is 2.33. The molecule has 2 aromatic carbocycles. The van der Waals surface area contributed by atoms with Crippen LogP contribution in [0, 0.1) is 12.7 Å². The van der Waals surface area contributed by atoms with Gasteiger partial charge in [-0.05, 0) is 36.8 Å². The molecule has 0 bridgehead atoms. The number of carbonyl (C=O) groups is 1. The molecule has 8 heteroatoms. The molecule has 0 aliphatic carbocycles. The van der Waals surface area contributed by atoms with Crippen molar-refractivity contribution < 1.29 is 17.6 Å². The largest absolute Gasteiger partial charge is 0.322 e. The second-order valence-electron chi connectivity index (χ2n) is 4.95. The zero-order chi connectivity index (χ0) is 17.4. The molecule has 0 saturated carbocycles. The molecule has 0 heterocycles. The van der Waals surface area contributed by atoms with Gasteiger partial charge < -0.3 is 5.32 Å². The molecule has 0 aromatic heterocycles. The fraction of sp³-hybridized carbons (Fsp3) is 0.133. The molecule has 4 nitrogen and oxygen atoms in total. The van der Waals surface area contributed by atoms with Crippen molar-refractivity contribution in [2.45, 2.75) is 11.8 Å². The van der Waals surface area contributed by atoms with Crippen LogP contribution in [0.4, 0.5) is 10.1 Å². The number of nitrogens with one attached hydrogen (secondary N) is 1. The van der Waals surface area contributed by atoms with E-state index in [1.54, 1.807) is 13.0 Å². The molecule has 0 unspecified atom stereocenters. The van der Waals surface area contributed by atoms with E-state index in [1.807, 2.05) is 0 Å². The number of anilines is 1. The van der Waals surface area contributed by atoms with Gasteiger partial charge >= 0.3 is 0 Å². The van der Waals surface area contributed by atoms with Gasteiger partial charge in [-0.1, -0.05) is 29.3 Å². The van der Waals surface area contributed by atoms with Crippen LogP contribution in [0.5, 0.6) is 0 Å². The van der Waals surface area contributed by atoms with Crippen LogP contribution in [0.1, 0.15) is 15.9 Å². The maximum atomic E-state index is 13.5. The normalized spacial score (nSPS) is 11.3. The van der Waals surface area contributed by atoms with E-state index >= 15 is 0 Å². The zero-order valence-corrected chi connectivity index (χ0v) is 14.5. The molecule has 0 radical (unpaired) electrons. The van der Waals surface area contributed by atoms with Crippen molar-refractivity contribution in [2.75, 3.05) is 11.6 Å². The number of sulfone groups is 1. The summed E-state index contributed by atoms with van der Waals surface area (Å²) in [5.74, 6) is -1.44. The molecular weight excluding hydrogens is 364 g/mol. The van der Waals surface area contributed by atoms with E-state index in [-0.39, 0.29) is 20.5 Å². The highest BCUT2D eigenvalue weighted by Gasteiger charge is 2.16. The van der Waals surface area contributed by atoms with E-state index in [9.17, 15) is 17.6 Å². The Morgan fingerprint density at radius 2 is 1.78 bits per heavy atom. The van der Waals surface area contributed by atoms with E-state index in [0.717, 1.165) is 18.4 Å². The lowest BCUT2D eigenvalue weighted by Crippen LogP contribution is -2.14. The van der Waals surface area contributed by atoms with E-state index in [2.05, 4.69) is 5.32 Å². The minimum absolute atomic E-state index is 0.00850. The lowest BCUT2D eigenvalue weighted by Gasteiger charge is -2.11. The minimum atomic E-state index is -3.42. The number of benzene rings is 2. The Morgan fingerprint density at radius 3 is 2.39 bits per heavy atom. The van der Waals surface area contributed by atoms with Gasteiger partial charge in [0.1, 0.15) is 5.82 Å². The van der Waals surface area contributed by atoms with Crippen molar-refractivity contribution in [3.05, 3.63) is 57.3 Å². The molecule has 0 fully saturated rings. The number of carbonyl (C=O) groups excluding carboxylic acids is 1. The highest BCUT2D eigenvalue weighted by atomic mass is 35.5. The van der Waals surface area contributed by atoms with Gasteiger partial charge in [0.25, 0.3) is 5.91 Å². The first-order chi connectivity index (χ1) is 10.6. The highest BCUT2D eigenvalue weighted by Crippen LogP contribution is 2.26. The summed E-state index contributed by atoms with van der Waals surface area (Å²) in [6.45, 7) is 1.70. The molecule has 0 atom stereocenters. The molecule has 2 aromatic rings. The Kier molecular flexibility index (Phi) is 4.98. The lowest BCUT2D eigenvalue weighted by molar-refractivity contribution is 0.102. The van der Waals surface area contributed by atoms with E-state index in [1.165, 1.54) is 12.1 Å². The van der Waals surface area contributed by atoms with Crippen molar-refractivity contribution in [3.63, 3.8) is 0 Å². The number of rotatable bonds is 3. The van der Waals surface area contributed by atoms with Crippen LogP contribution in [0.15, 0.2) is 35.2 Å². The second kappa shape index (κ2) is 6.47. The predicted molar refractivity (Wildman–Crippen MR) is 88.7 cm³/mol. The van der Waals surface area contributed by atoms with Crippen molar-refractivity contribution in [2.24, 2.45) is 0 Å². The Hall–Kier alpha value is -1.63. The smallest absolute Gasteiger partial charge is 0.257 e. The number of aryl methyl sites for hydroxylation is 1. The molecule has 0 aliphatic heterocycles. The van der Waals surface area contributed by atoms with Gasteiger partial charge in [0, 0.05) is 11.9 Å². The first-order valence-corrected chi connectivity index (χ1v) is 9.01. The molecule has 0 saturated heterocycles. The van der Waals surface area contributed by atoms with Gasteiger partial charge in [-0.15, -0.1) is 0 Å². The van der Waals surface area contributed by atoms with Crippen LogP contribution in [0.3, 0.4) is 0 Å². The zero-order valence-electron chi connectivity index (χ0n) is 12.2. The van der Waals surface area contributed by atoms with Crippen LogP contribution in [0.25, 0.3) is 0 Å². The van der Waals surface area contributed by atoms with Crippen LogP contribution in [-0.2, 0) is 9.84 Å². The van der Waals surface area contributed by atoms with Crippen LogP contribution >= 0.6 is 23.2 Å². The molecular formula is C15H12Cl2FNO3S. The SMILES string of the molecule is Cc1ccc(S(C)(=O)=O)cc1NC(=O)c1cc(F)c(Cl)cc1Cl. The van der Waals surface area contributed by atoms with Gasteiger partial charge in [-0.25, -0.2) is 12.8 Å². The van der Waals surface area contributed by atoms with E-state index in [0.29, 0.717) is 11.3 Å². The Balaban J connectivity index is 2.40. The lowest BCUT2D eigenvalue weighted by atomic mass is 10.1. The van der Waals surface area contributed by atoms with Gasteiger partial charge in [0.15, 0.2) is 9.84 Å². The van der Waals surface area contributed by atoms with Crippen LogP contribution in [-0.4, -0.2) is 20.6 Å². The Labute approximate surface area is 143 Å². The first-order valence-electron chi connectivity index (χ1n) is 6.36. The van der Waals surface area contributed by atoms with Gasteiger partial charge in [-0.3, -0.25) is 4.79 Å². The summed E-state index contributed by atoms with van der Waals surface area (Å²) in [7, 11) is -3.42. The molecule has 2 rings (SSSR count). The van der Waals surface area contributed by atoms with Crippen molar-refractivity contribution in [1.29, 1.82) is 0 Å². The fourth-order valence-electron chi connectivity index (χ4n) is 1.85. The van der Waals surface area contributed by atoms with Crippen molar-refractivity contribution in [3.8, 4) is 0 Å². The third kappa shape index (κ3) is 4.02. The average molecular weight is 376 g/mol. The van der Waals surface area contributed by atoms with Crippen molar-refractivity contribution >= 4 is 44.6 Å². The van der Waals surface area contributed by atoms with Gasteiger partial charge in [0.2, 0.25) is 0 Å². The number of halogens is 3. The fourth-order valence-corrected chi connectivity index (χ4v) is 2.97. The molecule has 23 heavy (non-hydrogen) atoms. The quantitative estimate of drug-likeness (QED) is 0.821. The molecule has 1 N–H and O–H groups in total. The van der Waals surface area contributed by atoms with Crippen LogP contribution < -0.4 is 5.32 Å². The first kappa shape index (κ1) is 17.7. The van der Waals surface area contributed by atoms with E-state index in [4.69, 9.17) is 23.2 Å². The minimum Gasteiger partial charge on any atom is -0.322 e. The van der Waals surface area contributed by atoms with Crippen molar-refractivity contribution in [1.82, 2.24) is 0 Å². The van der Waals surface area contributed by atoms with Gasteiger partial charge in [-0.2, -0.15) is 0 Å². The summed E-state index contributed by atoms with van der Waals surface area (Å²) in [4.78, 5) is 12.3. The second-order valence-corrected chi connectivity index (χ2v) is 7.78. The number of amides is 1. The van der Waals surface area contributed by atoms with E-state index < -0.39 is 21.6 Å².